The van der Waals surface area contributed by atoms with Gasteiger partial charge in [-0.2, -0.15) is 0 Å². The molecule has 0 aromatic rings. The Morgan fingerprint density at radius 3 is 2.05 bits per heavy atom. The van der Waals surface area contributed by atoms with Crippen LogP contribution in [0.25, 0.3) is 0 Å². The highest BCUT2D eigenvalue weighted by atomic mass is 16.8. The normalized spacial score (nSPS) is 12.4. The second kappa shape index (κ2) is 8.59. The first-order chi connectivity index (χ1) is 9.61. The lowest BCUT2D eigenvalue weighted by Gasteiger charge is -2.29. The number of ether oxygens (including phenoxy) is 2. The number of hydrogen-bond acceptors (Lipinski definition) is 6. The molecule has 0 heterocycles. The molecule has 6 nitrogen and oxygen atoms in total. The van der Waals surface area contributed by atoms with Gasteiger partial charge in [0.25, 0.3) is 0 Å². The average molecular weight is 300 g/mol. The molecule has 0 radical (unpaired) electrons. The highest BCUT2D eigenvalue weighted by Gasteiger charge is 2.42. The summed E-state index contributed by atoms with van der Waals surface area (Å²) in [5.74, 6) is -4.67. The van der Waals surface area contributed by atoms with Crippen molar-refractivity contribution in [2.24, 2.45) is 0 Å². The third kappa shape index (κ3) is 7.06. The van der Waals surface area contributed by atoms with Crippen molar-refractivity contribution in [1.82, 2.24) is 0 Å². The lowest BCUT2D eigenvalue weighted by Crippen LogP contribution is -2.48. The third-order valence-corrected chi connectivity index (χ3v) is 2.68. The molecule has 0 aliphatic heterocycles. The van der Waals surface area contributed by atoms with Crippen molar-refractivity contribution >= 4 is 11.9 Å². The fraction of sp³-hybridized carbons (Fsp3) is 0.600. The zero-order chi connectivity index (χ0) is 16.6. The average Bonchev–Trinajstić information content (AvgIpc) is 2.36. The van der Waals surface area contributed by atoms with Crippen molar-refractivity contribution < 1.29 is 29.3 Å². The number of aliphatic hydroxyl groups is 2. The van der Waals surface area contributed by atoms with Gasteiger partial charge in [-0.25, -0.2) is 9.59 Å². The van der Waals surface area contributed by atoms with Gasteiger partial charge in [-0.15, -0.1) is 0 Å². The van der Waals surface area contributed by atoms with Crippen molar-refractivity contribution in [1.29, 1.82) is 0 Å². The van der Waals surface area contributed by atoms with Gasteiger partial charge in [-0.3, -0.25) is 0 Å². The Balaban J connectivity index is 4.96. The van der Waals surface area contributed by atoms with Gasteiger partial charge >= 0.3 is 17.9 Å². The van der Waals surface area contributed by atoms with Crippen LogP contribution in [0.4, 0.5) is 0 Å². The molecule has 0 aliphatic carbocycles. The van der Waals surface area contributed by atoms with E-state index in [1.807, 2.05) is 6.92 Å². The van der Waals surface area contributed by atoms with E-state index in [-0.39, 0.29) is 17.6 Å². The van der Waals surface area contributed by atoms with E-state index in [9.17, 15) is 19.8 Å². The Bertz CT molecular complexity index is 410. The fourth-order valence-corrected chi connectivity index (χ4v) is 1.42. The summed E-state index contributed by atoms with van der Waals surface area (Å²) in [6.07, 6.45) is 1.04. The van der Waals surface area contributed by atoms with E-state index in [1.165, 1.54) is 13.8 Å². The monoisotopic (exact) mass is 300 g/mol. The Labute approximate surface area is 125 Å². The SMILES string of the molecule is C=C(C)C(=O)OC(CCCCC)C(O)(O)OC(=O)C(=C)C. The number of esters is 2. The summed E-state index contributed by atoms with van der Waals surface area (Å²) in [5, 5.41) is 19.8. The first-order valence-electron chi connectivity index (χ1n) is 6.81. The molecule has 0 spiro atoms. The van der Waals surface area contributed by atoms with Crippen LogP contribution in [0.1, 0.15) is 46.5 Å². The highest BCUT2D eigenvalue weighted by Crippen LogP contribution is 2.21. The largest absolute Gasteiger partial charge is 0.449 e. The maximum Gasteiger partial charge on any atom is 0.363 e. The van der Waals surface area contributed by atoms with Gasteiger partial charge in [-0.1, -0.05) is 32.9 Å². The van der Waals surface area contributed by atoms with E-state index in [0.717, 1.165) is 12.8 Å². The van der Waals surface area contributed by atoms with Gasteiger partial charge in [0.15, 0.2) is 6.10 Å². The summed E-state index contributed by atoms with van der Waals surface area (Å²) >= 11 is 0. The van der Waals surface area contributed by atoms with Crippen LogP contribution in [0.3, 0.4) is 0 Å². The van der Waals surface area contributed by atoms with E-state index >= 15 is 0 Å². The molecule has 0 rings (SSSR count). The Hall–Kier alpha value is -1.66. The van der Waals surface area contributed by atoms with Gasteiger partial charge < -0.3 is 19.7 Å². The highest BCUT2D eigenvalue weighted by molar-refractivity contribution is 5.88. The molecule has 0 bridgehead atoms. The van der Waals surface area contributed by atoms with Gasteiger partial charge in [0.05, 0.1) is 0 Å². The molecule has 2 N–H and O–H groups in total. The van der Waals surface area contributed by atoms with E-state index in [0.29, 0.717) is 6.42 Å². The lowest BCUT2D eigenvalue weighted by atomic mass is 10.1. The summed E-state index contributed by atoms with van der Waals surface area (Å²) in [5.41, 5.74) is 0.110. The number of hydrogen-bond donors (Lipinski definition) is 2. The molecule has 21 heavy (non-hydrogen) atoms. The van der Waals surface area contributed by atoms with Crippen LogP contribution < -0.4 is 0 Å². The molecule has 6 heteroatoms. The van der Waals surface area contributed by atoms with Crippen LogP contribution in [0, 0.1) is 0 Å². The third-order valence-electron chi connectivity index (χ3n) is 2.68. The van der Waals surface area contributed by atoms with E-state index in [4.69, 9.17) is 4.74 Å². The van der Waals surface area contributed by atoms with Crippen LogP contribution in [0.15, 0.2) is 24.3 Å². The zero-order valence-corrected chi connectivity index (χ0v) is 12.8. The molecule has 0 amide bonds. The summed E-state index contributed by atoms with van der Waals surface area (Å²) in [7, 11) is 0. The van der Waals surface area contributed by atoms with Gasteiger partial charge in [0, 0.05) is 11.1 Å². The number of unbranched alkanes of at least 4 members (excludes halogenated alkanes) is 2. The summed E-state index contributed by atoms with van der Waals surface area (Å²) < 4.78 is 9.50. The maximum atomic E-state index is 11.6. The van der Waals surface area contributed by atoms with Crippen LogP contribution >= 0.6 is 0 Å². The first kappa shape index (κ1) is 19.3. The summed E-state index contributed by atoms with van der Waals surface area (Å²) in [6, 6.07) is 0. The molecule has 0 fully saturated rings. The Morgan fingerprint density at radius 2 is 1.62 bits per heavy atom. The van der Waals surface area contributed by atoms with E-state index < -0.39 is 24.0 Å². The summed E-state index contributed by atoms with van der Waals surface area (Å²) in [4.78, 5) is 23.0. The van der Waals surface area contributed by atoms with Crippen molar-refractivity contribution in [3.8, 4) is 0 Å². The summed E-state index contributed by atoms with van der Waals surface area (Å²) in [6.45, 7) is 11.5. The second-order valence-electron chi connectivity index (χ2n) is 5.00. The Morgan fingerprint density at radius 1 is 1.10 bits per heavy atom. The minimum Gasteiger partial charge on any atom is -0.449 e. The molecule has 0 saturated carbocycles. The predicted octanol–water partition coefficient (Wildman–Crippen LogP) is 1.81. The quantitative estimate of drug-likeness (QED) is 0.292. The van der Waals surface area contributed by atoms with Crippen molar-refractivity contribution in [3.05, 3.63) is 24.3 Å². The van der Waals surface area contributed by atoms with Gasteiger partial charge in [0.1, 0.15) is 0 Å². The molecule has 0 saturated heterocycles. The minimum absolute atomic E-state index is 0.000936. The number of carbonyl (C=O) groups excluding carboxylic acids is 2. The van der Waals surface area contributed by atoms with Crippen LogP contribution in [-0.2, 0) is 19.1 Å². The molecule has 120 valence electrons. The van der Waals surface area contributed by atoms with Gasteiger partial charge in [0.2, 0.25) is 0 Å². The standard InChI is InChI=1S/C15H24O6/c1-6-7-8-9-12(20-13(16)10(2)3)15(18,19)21-14(17)11(4)5/h12,18-19H,2,4,6-9H2,1,3,5H3. The minimum atomic E-state index is -2.91. The van der Waals surface area contributed by atoms with Crippen molar-refractivity contribution in [3.63, 3.8) is 0 Å². The molecule has 0 aromatic heterocycles. The van der Waals surface area contributed by atoms with E-state index in [2.05, 4.69) is 17.9 Å². The molecule has 0 aromatic carbocycles. The Kier molecular flexibility index (Phi) is 7.91. The topological polar surface area (TPSA) is 93.1 Å². The number of carbonyl (C=O) groups is 2. The smallest absolute Gasteiger partial charge is 0.363 e. The predicted molar refractivity (Wildman–Crippen MR) is 76.9 cm³/mol. The molecular formula is C15H24O6. The molecule has 0 aliphatic rings. The second-order valence-corrected chi connectivity index (χ2v) is 5.00. The lowest BCUT2D eigenvalue weighted by molar-refractivity contribution is -0.358. The van der Waals surface area contributed by atoms with Crippen molar-refractivity contribution in [2.75, 3.05) is 0 Å². The first-order valence-corrected chi connectivity index (χ1v) is 6.81. The van der Waals surface area contributed by atoms with Crippen molar-refractivity contribution in [2.45, 2.75) is 58.5 Å². The molecule has 1 atom stereocenters. The number of rotatable bonds is 9. The van der Waals surface area contributed by atoms with Crippen LogP contribution in [0.2, 0.25) is 0 Å². The van der Waals surface area contributed by atoms with Crippen LogP contribution in [0.5, 0.6) is 0 Å². The maximum absolute atomic E-state index is 11.6. The molecule has 1 unspecified atom stereocenters. The zero-order valence-electron chi connectivity index (χ0n) is 12.8. The van der Waals surface area contributed by atoms with Crippen LogP contribution in [-0.4, -0.2) is 34.2 Å². The fourth-order valence-electron chi connectivity index (χ4n) is 1.42. The molecular weight excluding hydrogens is 276 g/mol. The van der Waals surface area contributed by atoms with Gasteiger partial charge in [-0.05, 0) is 26.7 Å². The van der Waals surface area contributed by atoms with E-state index in [1.54, 1.807) is 0 Å².